The van der Waals surface area contributed by atoms with Crippen molar-refractivity contribution in [2.45, 2.75) is 33.4 Å². The molecule has 0 amide bonds. The molecule has 292 valence electrons. The summed E-state index contributed by atoms with van der Waals surface area (Å²) in [6, 6.07) is 12.0. The topological polar surface area (TPSA) is 345 Å². The summed E-state index contributed by atoms with van der Waals surface area (Å²) < 4.78 is 139. The van der Waals surface area contributed by atoms with Crippen LogP contribution in [-0.4, -0.2) is 77.0 Å². The highest BCUT2D eigenvalue weighted by Gasteiger charge is 2.27. The quantitative estimate of drug-likeness (QED) is 0.0656. The number of aromatic hydroxyl groups is 2. The summed E-state index contributed by atoms with van der Waals surface area (Å²) in [5.41, 5.74) is -1.27. The maximum Gasteiger partial charge on any atom is 0.320 e. The van der Waals surface area contributed by atoms with E-state index in [-0.39, 0.29) is 11.1 Å². The van der Waals surface area contributed by atoms with Crippen molar-refractivity contribution in [2.24, 2.45) is 10.2 Å². The maximum atomic E-state index is 12.6. The fourth-order valence-electron chi connectivity index (χ4n) is 5.50. The zero-order valence-corrected chi connectivity index (χ0v) is 31.4. The molecule has 0 radical (unpaired) electrons. The molecular formula is C31H25N7O14S4. The number of phenolic OH excluding ortho intramolecular Hbond substituents is 1. The average Bonchev–Trinajstić information content (AvgIpc) is 3.06. The number of aryl methyl sites for hydroxylation is 2. The van der Waals surface area contributed by atoms with Gasteiger partial charge in [0.25, 0.3) is 40.5 Å². The van der Waals surface area contributed by atoms with Crippen LogP contribution in [0.2, 0.25) is 0 Å². The minimum atomic E-state index is -5.35. The second-order valence-electron chi connectivity index (χ2n) is 11.8. The first-order valence-corrected chi connectivity index (χ1v) is 21.0. The van der Waals surface area contributed by atoms with Crippen molar-refractivity contribution >= 4 is 96.7 Å². The van der Waals surface area contributed by atoms with Crippen LogP contribution in [0, 0.1) is 13.8 Å². The van der Waals surface area contributed by atoms with E-state index in [1.807, 2.05) is 0 Å². The summed E-state index contributed by atoms with van der Waals surface area (Å²) in [5.74, 6) is -2.32. The van der Waals surface area contributed by atoms with Gasteiger partial charge in [0.2, 0.25) is 11.9 Å². The third-order valence-electron chi connectivity index (χ3n) is 8.06. The van der Waals surface area contributed by atoms with Gasteiger partial charge in [-0.3, -0.25) is 18.2 Å². The van der Waals surface area contributed by atoms with Gasteiger partial charge in [-0.05, 0) is 72.1 Å². The van der Waals surface area contributed by atoms with E-state index in [1.165, 1.54) is 30.3 Å². The molecule has 0 bridgehead atoms. The summed E-state index contributed by atoms with van der Waals surface area (Å²) in [6.45, 7) is 3.21. The predicted molar refractivity (Wildman–Crippen MR) is 197 cm³/mol. The number of nitrogens with one attached hydrogen (secondary N) is 2. The van der Waals surface area contributed by atoms with Gasteiger partial charge in [0, 0.05) is 10.8 Å². The van der Waals surface area contributed by atoms with E-state index in [9.17, 15) is 62.1 Å². The first-order chi connectivity index (χ1) is 25.9. The molecule has 25 heteroatoms. The van der Waals surface area contributed by atoms with Crippen LogP contribution in [0.4, 0.5) is 34.6 Å². The smallest absolute Gasteiger partial charge is 0.320 e. The minimum Gasteiger partial charge on any atom is -0.505 e. The molecule has 56 heavy (non-hydrogen) atoms. The van der Waals surface area contributed by atoms with Gasteiger partial charge < -0.3 is 20.8 Å². The fourth-order valence-corrected chi connectivity index (χ4v) is 8.26. The lowest BCUT2D eigenvalue weighted by atomic mass is 10.1. The molecule has 0 saturated heterocycles. The summed E-state index contributed by atoms with van der Waals surface area (Å²) in [7, 11) is -20.3. The van der Waals surface area contributed by atoms with E-state index in [0.29, 0.717) is 28.6 Å². The lowest BCUT2D eigenvalue weighted by Crippen LogP contribution is -2.08. The lowest BCUT2D eigenvalue weighted by molar-refractivity contribution is 0.430. The Morgan fingerprint density at radius 3 is 1.80 bits per heavy atom. The van der Waals surface area contributed by atoms with E-state index < -0.39 is 112 Å². The molecule has 21 nitrogen and oxygen atoms in total. The van der Waals surface area contributed by atoms with Crippen molar-refractivity contribution in [2.75, 3.05) is 10.6 Å². The highest BCUT2D eigenvalue weighted by molar-refractivity contribution is 7.86. The third kappa shape index (κ3) is 8.04. The lowest BCUT2D eigenvalue weighted by Gasteiger charge is -2.16. The van der Waals surface area contributed by atoms with E-state index in [2.05, 4.69) is 35.8 Å². The van der Waals surface area contributed by atoms with E-state index in [4.69, 9.17) is 0 Å². The first-order valence-electron chi connectivity index (χ1n) is 15.2. The normalized spacial score (nSPS) is 12.8. The number of fused-ring (bicyclic) bond motifs is 2. The molecular weight excluding hydrogens is 823 g/mol. The van der Waals surface area contributed by atoms with Crippen molar-refractivity contribution in [1.82, 2.24) is 15.0 Å². The number of hydrogen-bond donors (Lipinski definition) is 8. The molecule has 1 heterocycles. The van der Waals surface area contributed by atoms with Gasteiger partial charge in [-0.1, -0.05) is 30.3 Å². The zero-order chi connectivity index (χ0) is 41.1. The molecule has 0 unspecified atom stereocenters. The molecule has 0 atom stereocenters. The van der Waals surface area contributed by atoms with E-state index in [0.717, 1.165) is 18.2 Å². The average molecular weight is 848 g/mol. The Balaban J connectivity index is 1.55. The van der Waals surface area contributed by atoms with Crippen LogP contribution >= 0.6 is 0 Å². The van der Waals surface area contributed by atoms with Crippen molar-refractivity contribution < 1.29 is 62.1 Å². The van der Waals surface area contributed by atoms with Gasteiger partial charge in [-0.25, -0.2) is 0 Å². The fraction of sp³-hybridized carbons (Fsp3) is 0.0645. The number of phenols is 1. The van der Waals surface area contributed by atoms with Crippen molar-refractivity contribution in [3.63, 3.8) is 0 Å². The van der Waals surface area contributed by atoms with Crippen LogP contribution < -0.4 is 10.6 Å². The molecule has 0 spiro atoms. The predicted octanol–water partition coefficient (Wildman–Crippen LogP) is 5.10. The summed E-state index contributed by atoms with van der Waals surface area (Å²) in [4.78, 5) is 7.95. The third-order valence-corrected chi connectivity index (χ3v) is 11.6. The molecule has 0 aliphatic carbocycles. The molecule has 0 saturated carbocycles. The number of azo groups is 1. The van der Waals surface area contributed by atoms with E-state index >= 15 is 0 Å². The number of nitrogens with zero attached hydrogens (tertiary/aromatic N) is 5. The second-order valence-corrected chi connectivity index (χ2v) is 17.4. The molecule has 1 aromatic heterocycles. The monoisotopic (exact) mass is 847 g/mol. The maximum absolute atomic E-state index is 12.6. The highest BCUT2D eigenvalue weighted by atomic mass is 32.2. The Bertz CT molecular complexity index is 3140. The van der Waals surface area contributed by atoms with Crippen LogP contribution in [0.1, 0.15) is 11.1 Å². The van der Waals surface area contributed by atoms with Crippen LogP contribution in [0.3, 0.4) is 0 Å². The molecule has 8 N–H and O–H groups in total. The van der Waals surface area contributed by atoms with Crippen molar-refractivity contribution in [3.05, 3.63) is 77.9 Å². The van der Waals surface area contributed by atoms with Crippen molar-refractivity contribution in [3.8, 4) is 11.8 Å². The Kier molecular flexibility index (Phi) is 9.92. The second kappa shape index (κ2) is 14.0. The number of anilines is 4. The molecule has 0 aliphatic rings. The minimum absolute atomic E-state index is 0.00500. The summed E-state index contributed by atoms with van der Waals surface area (Å²) in [5, 5.41) is 33.7. The molecule has 6 aromatic rings. The van der Waals surface area contributed by atoms with Gasteiger partial charge >= 0.3 is 6.01 Å². The Labute approximate surface area is 316 Å². The summed E-state index contributed by atoms with van der Waals surface area (Å²) >= 11 is 0. The summed E-state index contributed by atoms with van der Waals surface area (Å²) in [6.07, 6.45) is 0. The SMILES string of the molecule is Cc1cc(Nc2nc(O)nc(Nc3cc(S(=O)(=O)O)cc4cc(S(=O)(=O)O)c(/N=N/c5ccc6ccccc6c5S(=O)(=O)O)c(O)c34)n2)c(S(=O)(=O)O)cc1C. The Morgan fingerprint density at radius 1 is 0.589 bits per heavy atom. The van der Waals surface area contributed by atoms with Crippen LogP contribution in [0.25, 0.3) is 21.5 Å². The molecule has 0 fully saturated rings. The number of rotatable bonds is 10. The Morgan fingerprint density at radius 2 is 1.20 bits per heavy atom. The van der Waals surface area contributed by atoms with Crippen molar-refractivity contribution in [1.29, 1.82) is 0 Å². The molecule has 0 aliphatic heterocycles. The van der Waals surface area contributed by atoms with Crippen LogP contribution in [0.5, 0.6) is 11.8 Å². The van der Waals surface area contributed by atoms with E-state index in [1.54, 1.807) is 19.9 Å². The van der Waals surface area contributed by atoms with Gasteiger partial charge in [0.15, 0.2) is 5.75 Å². The number of benzene rings is 5. The van der Waals surface area contributed by atoms with Crippen LogP contribution in [-0.2, 0) is 40.5 Å². The molecule has 6 rings (SSSR count). The highest BCUT2D eigenvalue weighted by Crippen LogP contribution is 2.46. The van der Waals surface area contributed by atoms with Gasteiger partial charge in [-0.15, -0.1) is 10.2 Å². The Hall–Kier alpha value is -5.93. The molecule has 5 aromatic carbocycles. The van der Waals surface area contributed by atoms with Gasteiger partial charge in [0.1, 0.15) is 26.1 Å². The van der Waals surface area contributed by atoms with Gasteiger partial charge in [0.05, 0.1) is 16.3 Å². The zero-order valence-electron chi connectivity index (χ0n) is 28.2. The number of aromatic nitrogens is 3. The first kappa shape index (κ1) is 39.8. The van der Waals surface area contributed by atoms with Crippen LogP contribution in [0.15, 0.2) is 96.5 Å². The largest absolute Gasteiger partial charge is 0.505 e. The van der Waals surface area contributed by atoms with Gasteiger partial charge in [-0.2, -0.15) is 48.6 Å². The number of hydrogen-bond acceptors (Lipinski definition) is 17. The standard InChI is InChI=1S/C31H25N7O14S4/c1-14-9-21(23(10-15(14)2)54(44,45)46)32-29-34-30(36-31(40)35-29)33-22-13-18(53(41,42)43)11-17-12-24(55(47,48)49)26(27(39)25(17)22)38-37-20-8-7-16-5-3-4-6-19(16)28(20)56(50,51)52/h3-13,39H,1-2H3,(H,41,42,43)(H,44,45,46)(H,47,48,49)(H,50,51,52)(H3,32,33,34,35,36,40)/b38-37+.